The highest BCUT2D eigenvalue weighted by Crippen LogP contribution is 2.47. The van der Waals surface area contributed by atoms with E-state index in [4.69, 9.17) is 28.9 Å². The number of benzene rings is 2. The number of anilines is 2. The van der Waals surface area contributed by atoms with Crippen LogP contribution in [0.25, 0.3) is 32.1 Å². The van der Waals surface area contributed by atoms with Crippen molar-refractivity contribution in [3.8, 4) is 17.2 Å². The number of thiophene rings is 1. The second kappa shape index (κ2) is 10.9. The van der Waals surface area contributed by atoms with Gasteiger partial charge in [0, 0.05) is 22.4 Å². The van der Waals surface area contributed by atoms with Crippen LogP contribution in [-0.2, 0) is 12.8 Å². The predicted molar refractivity (Wildman–Crippen MR) is 146 cm³/mol. The molecule has 0 aliphatic heterocycles. The standard InChI is InChI=1S/C26H21Cl2F4N5S/c1-4-12-20-23(35-17(5-2)36-26(20)37(9-11(3)27)10-16(30)31)22(32)19(21(12)28)13-6-7-15(29)24-18(13)14(8-33)25(34)38-24/h6-7,16H,3-5,9-10,34H2,1-2H3. The number of nitrogens with two attached hydrogens (primary N) is 1. The van der Waals surface area contributed by atoms with E-state index < -0.39 is 24.6 Å². The number of rotatable bonds is 8. The number of nitrogens with zero attached hydrogens (tertiary/aromatic N) is 4. The number of nitrogen functional groups attached to an aromatic ring is 1. The van der Waals surface area contributed by atoms with Gasteiger partial charge >= 0.3 is 0 Å². The molecule has 198 valence electrons. The molecular weight excluding hydrogens is 561 g/mol. The van der Waals surface area contributed by atoms with E-state index in [2.05, 4.69) is 16.5 Å². The topological polar surface area (TPSA) is 78.8 Å². The first-order valence-corrected chi connectivity index (χ1v) is 13.1. The zero-order valence-corrected chi connectivity index (χ0v) is 22.6. The van der Waals surface area contributed by atoms with Gasteiger partial charge < -0.3 is 10.6 Å². The molecule has 0 radical (unpaired) electrons. The van der Waals surface area contributed by atoms with Crippen LogP contribution in [0.2, 0.25) is 5.02 Å². The minimum Gasteiger partial charge on any atom is -0.389 e. The van der Waals surface area contributed by atoms with Crippen molar-refractivity contribution in [1.29, 1.82) is 5.26 Å². The summed E-state index contributed by atoms with van der Waals surface area (Å²) in [5, 5.41) is 10.2. The molecule has 0 unspecified atom stereocenters. The Balaban J connectivity index is 2.17. The van der Waals surface area contributed by atoms with Gasteiger partial charge in [-0.05, 0) is 23.6 Å². The van der Waals surface area contributed by atoms with Gasteiger partial charge in [-0.15, -0.1) is 11.3 Å². The number of hydrogen-bond acceptors (Lipinski definition) is 6. The van der Waals surface area contributed by atoms with Gasteiger partial charge in [0.2, 0.25) is 0 Å². The molecule has 0 aliphatic rings. The summed E-state index contributed by atoms with van der Waals surface area (Å²) in [6.07, 6.45) is -2.20. The molecule has 0 bridgehead atoms. The maximum absolute atomic E-state index is 16.5. The van der Waals surface area contributed by atoms with Crippen LogP contribution in [0.1, 0.15) is 30.8 Å². The number of nitriles is 1. The van der Waals surface area contributed by atoms with Gasteiger partial charge in [-0.25, -0.2) is 27.5 Å². The van der Waals surface area contributed by atoms with Gasteiger partial charge in [-0.2, -0.15) is 5.26 Å². The number of aromatic nitrogens is 2. The second-order valence-corrected chi connectivity index (χ2v) is 10.4. The highest BCUT2D eigenvalue weighted by molar-refractivity contribution is 7.23. The van der Waals surface area contributed by atoms with E-state index >= 15 is 4.39 Å². The van der Waals surface area contributed by atoms with Crippen LogP contribution >= 0.6 is 34.5 Å². The zero-order valence-electron chi connectivity index (χ0n) is 20.3. The number of hydrogen-bond donors (Lipinski definition) is 1. The molecular formula is C26H21Cl2F4N5S. The predicted octanol–water partition coefficient (Wildman–Crippen LogP) is 7.85. The molecule has 2 N–H and O–H groups in total. The fourth-order valence-corrected chi connectivity index (χ4v) is 5.98. The highest BCUT2D eigenvalue weighted by Gasteiger charge is 2.29. The highest BCUT2D eigenvalue weighted by atomic mass is 35.5. The van der Waals surface area contributed by atoms with Crippen molar-refractivity contribution < 1.29 is 17.6 Å². The van der Waals surface area contributed by atoms with Crippen LogP contribution in [0, 0.1) is 23.0 Å². The lowest BCUT2D eigenvalue weighted by molar-refractivity contribution is 0.155. The maximum atomic E-state index is 16.5. The minimum atomic E-state index is -2.74. The quantitative estimate of drug-likeness (QED) is 0.214. The van der Waals surface area contributed by atoms with Crippen LogP contribution < -0.4 is 10.6 Å². The molecule has 2 aromatic heterocycles. The molecule has 0 fully saturated rings. The van der Waals surface area contributed by atoms with Crippen molar-refractivity contribution in [3.05, 3.63) is 57.4 Å². The van der Waals surface area contributed by atoms with E-state index in [0.29, 0.717) is 5.56 Å². The summed E-state index contributed by atoms with van der Waals surface area (Å²) in [6.45, 7) is 6.22. The minimum absolute atomic E-state index is 0.00877. The molecule has 0 aliphatic carbocycles. The lowest BCUT2D eigenvalue weighted by Crippen LogP contribution is -2.31. The molecule has 4 rings (SSSR count). The molecule has 0 saturated carbocycles. The van der Waals surface area contributed by atoms with Crippen LogP contribution in [0.5, 0.6) is 0 Å². The molecule has 2 heterocycles. The van der Waals surface area contributed by atoms with Crippen LogP contribution in [0.3, 0.4) is 0 Å². The Morgan fingerprint density at radius 1 is 1.21 bits per heavy atom. The molecule has 0 amide bonds. The smallest absolute Gasteiger partial charge is 0.255 e. The van der Waals surface area contributed by atoms with E-state index in [1.165, 1.54) is 11.0 Å². The molecule has 12 heteroatoms. The van der Waals surface area contributed by atoms with Crippen molar-refractivity contribution in [2.75, 3.05) is 23.7 Å². The van der Waals surface area contributed by atoms with Gasteiger partial charge in [0.1, 0.15) is 34.0 Å². The third-order valence-corrected chi connectivity index (χ3v) is 7.60. The summed E-state index contributed by atoms with van der Waals surface area (Å²) >= 11 is 13.7. The monoisotopic (exact) mass is 581 g/mol. The third-order valence-electron chi connectivity index (χ3n) is 6.04. The fraction of sp³-hybridized carbons (Fsp3) is 0.269. The Labute approximate surface area is 230 Å². The van der Waals surface area contributed by atoms with Gasteiger partial charge in [0.25, 0.3) is 6.43 Å². The summed E-state index contributed by atoms with van der Waals surface area (Å²) in [6, 6.07) is 4.46. The molecule has 5 nitrogen and oxygen atoms in total. The molecule has 2 aromatic carbocycles. The first-order valence-electron chi connectivity index (χ1n) is 11.5. The van der Waals surface area contributed by atoms with Gasteiger partial charge in [-0.1, -0.05) is 49.7 Å². The summed E-state index contributed by atoms with van der Waals surface area (Å²) < 4.78 is 58.4. The van der Waals surface area contributed by atoms with E-state index in [0.717, 1.165) is 17.4 Å². The Morgan fingerprint density at radius 2 is 1.92 bits per heavy atom. The third kappa shape index (κ3) is 4.75. The van der Waals surface area contributed by atoms with Crippen molar-refractivity contribution in [3.63, 3.8) is 0 Å². The summed E-state index contributed by atoms with van der Waals surface area (Å²) in [5.74, 6) is -1.21. The second-order valence-electron chi connectivity index (χ2n) is 8.42. The molecule has 38 heavy (non-hydrogen) atoms. The van der Waals surface area contributed by atoms with Crippen molar-refractivity contribution in [1.82, 2.24) is 9.97 Å². The van der Waals surface area contributed by atoms with E-state index in [9.17, 15) is 18.4 Å². The van der Waals surface area contributed by atoms with Crippen LogP contribution in [-0.4, -0.2) is 29.5 Å². The molecule has 0 atom stereocenters. The number of halogens is 6. The number of aryl methyl sites for hydroxylation is 2. The van der Waals surface area contributed by atoms with Gasteiger partial charge in [0.15, 0.2) is 5.82 Å². The Morgan fingerprint density at radius 3 is 2.50 bits per heavy atom. The van der Waals surface area contributed by atoms with E-state index in [1.807, 2.05) is 6.07 Å². The average Bonchev–Trinajstić information content (AvgIpc) is 3.21. The van der Waals surface area contributed by atoms with Crippen LogP contribution in [0.4, 0.5) is 28.4 Å². The Bertz CT molecular complexity index is 1630. The molecule has 0 spiro atoms. The lowest BCUT2D eigenvalue weighted by Gasteiger charge is -2.26. The number of fused-ring (bicyclic) bond motifs is 2. The van der Waals surface area contributed by atoms with Crippen LogP contribution in [0.15, 0.2) is 23.7 Å². The van der Waals surface area contributed by atoms with Gasteiger partial charge in [-0.3, -0.25) is 0 Å². The Hall–Kier alpha value is -3.13. The van der Waals surface area contributed by atoms with E-state index in [1.54, 1.807) is 13.8 Å². The first kappa shape index (κ1) is 27.9. The summed E-state index contributed by atoms with van der Waals surface area (Å²) in [4.78, 5) is 10.1. The van der Waals surface area contributed by atoms with Crippen molar-refractivity contribution in [2.45, 2.75) is 33.1 Å². The summed E-state index contributed by atoms with van der Waals surface area (Å²) in [7, 11) is 0. The fourth-order valence-electron chi connectivity index (χ4n) is 4.47. The van der Waals surface area contributed by atoms with Crippen molar-refractivity contribution in [2.24, 2.45) is 0 Å². The lowest BCUT2D eigenvalue weighted by atomic mass is 9.93. The Kier molecular flexibility index (Phi) is 8.02. The van der Waals surface area contributed by atoms with Gasteiger partial charge in [0.05, 0.1) is 33.8 Å². The normalized spacial score (nSPS) is 11.5. The average molecular weight is 582 g/mol. The summed E-state index contributed by atoms with van der Waals surface area (Å²) in [5.41, 5.74) is 6.31. The van der Waals surface area contributed by atoms with Crippen molar-refractivity contribution >= 4 is 66.3 Å². The number of alkyl halides is 2. The largest absolute Gasteiger partial charge is 0.389 e. The van der Waals surface area contributed by atoms with E-state index in [-0.39, 0.29) is 83.8 Å². The molecule has 4 aromatic rings. The zero-order chi connectivity index (χ0) is 27.9. The first-order chi connectivity index (χ1) is 18.0. The SMILES string of the molecule is C=C(Cl)CN(CC(F)F)c1nc(CC)nc2c(F)c(-c3ccc(F)c4sc(N)c(C#N)c34)c(Cl)c(CC)c12. The maximum Gasteiger partial charge on any atom is 0.255 e. The molecule has 0 saturated heterocycles.